The van der Waals surface area contributed by atoms with Crippen LogP contribution >= 0.6 is 0 Å². The maximum atomic E-state index is 12.0. The third kappa shape index (κ3) is 2.51. The van der Waals surface area contributed by atoms with Crippen LogP contribution in [0.15, 0.2) is 18.2 Å². The molecule has 0 aliphatic carbocycles. The first kappa shape index (κ1) is 12.2. The van der Waals surface area contributed by atoms with E-state index < -0.39 is 0 Å². The van der Waals surface area contributed by atoms with Gasteiger partial charge in [-0.05, 0) is 36.3 Å². The summed E-state index contributed by atoms with van der Waals surface area (Å²) >= 11 is 0. The van der Waals surface area contributed by atoms with Gasteiger partial charge in [0.05, 0.1) is 5.92 Å². The first-order valence-corrected chi connectivity index (χ1v) is 6.29. The zero-order valence-corrected chi connectivity index (χ0v) is 11.1. The predicted molar refractivity (Wildman–Crippen MR) is 71.2 cm³/mol. The Morgan fingerprint density at radius 2 is 2.00 bits per heavy atom. The summed E-state index contributed by atoms with van der Waals surface area (Å²) in [5, 5.41) is 3.01. The van der Waals surface area contributed by atoms with E-state index in [9.17, 15) is 4.79 Å². The van der Waals surface area contributed by atoms with Gasteiger partial charge in [0.15, 0.2) is 0 Å². The molecule has 2 nitrogen and oxygen atoms in total. The lowest BCUT2D eigenvalue weighted by molar-refractivity contribution is -0.117. The molecule has 1 aromatic rings. The highest BCUT2D eigenvalue weighted by Crippen LogP contribution is 2.39. The summed E-state index contributed by atoms with van der Waals surface area (Å²) in [6.45, 7) is 8.70. The van der Waals surface area contributed by atoms with E-state index in [2.05, 4.69) is 32.2 Å². The molecular formula is C15H21NO. The Bertz CT molecular complexity index is 443. The number of aryl methyl sites for hydroxylation is 1. The first-order chi connectivity index (χ1) is 7.88. The largest absolute Gasteiger partial charge is 0.325 e. The topological polar surface area (TPSA) is 29.1 Å². The van der Waals surface area contributed by atoms with Gasteiger partial charge in [-0.1, -0.05) is 39.0 Å². The second kappa shape index (κ2) is 4.17. The van der Waals surface area contributed by atoms with Gasteiger partial charge in [0.1, 0.15) is 0 Å². The lowest BCUT2D eigenvalue weighted by Gasteiger charge is -2.19. The van der Waals surface area contributed by atoms with E-state index in [1.54, 1.807) is 0 Å². The van der Waals surface area contributed by atoms with Gasteiger partial charge in [0.25, 0.3) is 0 Å². The van der Waals surface area contributed by atoms with Crippen LogP contribution in [0.25, 0.3) is 0 Å². The number of rotatable bonds is 2. The number of benzene rings is 1. The van der Waals surface area contributed by atoms with Crippen LogP contribution in [0.4, 0.5) is 5.69 Å². The van der Waals surface area contributed by atoms with Gasteiger partial charge in [0, 0.05) is 5.69 Å². The Kier molecular flexibility index (Phi) is 2.98. The molecule has 2 heteroatoms. The zero-order valence-electron chi connectivity index (χ0n) is 11.1. The molecule has 0 radical (unpaired) electrons. The maximum absolute atomic E-state index is 12.0. The van der Waals surface area contributed by atoms with Gasteiger partial charge in [-0.2, -0.15) is 0 Å². The molecule has 0 saturated heterocycles. The molecule has 1 aromatic carbocycles. The molecule has 0 aromatic heterocycles. The van der Waals surface area contributed by atoms with Crippen LogP contribution in [-0.4, -0.2) is 5.91 Å². The lowest BCUT2D eigenvalue weighted by Crippen LogP contribution is -2.15. The van der Waals surface area contributed by atoms with Crippen molar-refractivity contribution in [3.05, 3.63) is 29.3 Å². The monoisotopic (exact) mass is 231 g/mol. The molecule has 1 unspecified atom stereocenters. The minimum absolute atomic E-state index is 0.0455. The van der Waals surface area contributed by atoms with E-state index in [1.165, 1.54) is 5.56 Å². The van der Waals surface area contributed by atoms with E-state index in [1.807, 2.05) is 19.1 Å². The van der Waals surface area contributed by atoms with Crippen LogP contribution in [-0.2, 0) is 4.79 Å². The van der Waals surface area contributed by atoms with Crippen molar-refractivity contribution in [1.29, 1.82) is 0 Å². The number of carbonyl (C=O) groups is 1. The van der Waals surface area contributed by atoms with Crippen molar-refractivity contribution in [2.45, 2.75) is 46.5 Å². The van der Waals surface area contributed by atoms with Crippen molar-refractivity contribution in [2.75, 3.05) is 5.32 Å². The third-order valence-corrected chi connectivity index (χ3v) is 3.43. The molecule has 0 saturated carbocycles. The number of para-hydroxylation sites is 1. The maximum Gasteiger partial charge on any atom is 0.232 e. The number of fused-ring (bicyclic) bond motifs is 1. The fourth-order valence-corrected chi connectivity index (χ4v) is 2.37. The van der Waals surface area contributed by atoms with Crippen molar-refractivity contribution in [1.82, 2.24) is 0 Å². The Balaban J connectivity index is 2.21. The van der Waals surface area contributed by atoms with Crippen molar-refractivity contribution in [3.63, 3.8) is 0 Å². The van der Waals surface area contributed by atoms with Crippen LogP contribution < -0.4 is 5.32 Å². The number of carbonyl (C=O) groups excluding carboxylic acids is 1. The smallest absolute Gasteiger partial charge is 0.232 e. The van der Waals surface area contributed by atoms with E-state index in [0.29, 0.717) is 0 Å². The van der Waals surface area contributed by atoms with E-state index in [0.717, 1.165) is 24.1 Å². The number of amides is 1. The molecule has 17 heavy (non-hydrogen) atoms. The van der Waals surface area contributed by atoms with E-state index in [4.69, 9.17) is 0 Å². The highest BCUT2D eigenvalue weighted by molar-refractivity contribution is 6.03. The fraction of sp³-hybridized carbons (Fsp3) is 0.533. The molecule has 1 heterocycles. The third-order valence-electron chi connectivity index (χ3n) is 3.43. The second-order valence-electron chi connectivity index (χ2n) is 6.18. The van der Waals surface area contributed by atoms with Gasteiger partial charge in [-0.3, -0.25) is 4.79 Å². The quantitative estimate of drug-likeness (QED) is 0.822. The standard InChI is InChI=1S/C15H21NO/c1-10-6-5-7-11-12(8-9-15(2,3)4)14(17)16-13(10)11/h5-7,12H,8-9H2,1-4H3,(H,16,17). The Labute approximate surface area is 103 Å². The molecule has 1 atom stereocenters. The number of hydrogen-bond acceptors (Lipinski definition) is 1. The zero-order chi connectivity index (χ0) is 12.6. The lowest BCUT2D eigenvalue weighted by atomic mass is 9.84. The average molecular weight is 231 g/mol. The van der Waals surface area contributed by atoms with Gasteiger partial charge < -0.3 is 5.32 Å². The van der Waals surface area contributed by atoms with Gasteiger partial charge in [-0.15, -0.1) is 0 Å². The summed E-state index contributed by atoms with van der Waals surface area (Å²) in [6, 6.07) is 6.16. The number of nitrogens with one attached hydrogen (secondary N) is 1. The average Bonchev–Trinajstić information content (AvgIpc) is 2.52. The molecular weight excluding hydrogens is 210 g/mol. The predicted octanol–water partition coefficient (Wildman–Crippen LogP) is 3.86. The van der Waals surface area contributed by atoms with Crippen molar-refractivity contribution in [3.8, 4) is 0 Å². The minimum Gasteiger partial charge on any atom is -0.325 e. The van der Waals surface area contributed by atoms with Crippen LogP contribution in [0.1, 0.15) is 50.7 Å². The summed E-state index contributed by atoms with van der Waals surface area (Å²) in [4.78, 5) is 12.0. The number of hydrogen-bond donors (Lipinski definition) is 1. The molecule has 2 rings (SSSR count). The molecule has 0 bridgehead atoms. The Hall–Kier alpha value is -1.31. The van der Waals surface area contributed by atoms with Crippen molar-refractivity contribution >= 4 is 11.6 Å². The molecule has 1 aliphatic rings. The molecule has 1 amide bonds. The van der Waals surface area contributed by atoms with Crippen LogP contribution in [0, 0.1) is 12.3 Å². The summed E-state index contributed by atoms with van der Waals surface area (Å²) in [5.41, 5.74) is 3.66. The fourth-order valence-electron chi connectivity index (χ4n) is 2.37. The molecule has 1 N–H and O–H groups in total. The SMILES string of the molecule is Cc1cccc2c1NC(=O)C2CCC(C)(C)C. The highest BCUT2D eigenvalue weighted by Gasteiger charge is 2.31. The number of anilines is 1. The van der Waals surface area contributed by atoms with Crippen LogP contribution in [0.3, 0.4) is 0 Å². The van der Waals surface area contributed by atoms with E-state index in [-0.39, 0.29) is 17.2 Å². The summed E-state index contributed by atoms with van der Waals surface area (Å²) in [6.07, 6.45) is 2.00. The van der Waals surface area contributed by atoms with Gasteiger partial charge in [0.2, 0.25) is 5.91 Å². The van der Waals surface area contributed by atoms with Crippen molar-refractivity contribution < 1.29 is 4.79 Å². The highest BCUT2D eigenvalue weighted by atomic mass is 16.2. The van der Waals surface area contributed by atoms with Crippen molar-refractivity contribution in [2.24, 2.45) is 5.41 Å². The Morgan fingerprint density at radius 1 is 1.29 bits per heavy atom. The van der Waals surface area contributed by atoms with E-state index >= 15 is 0 Å². The first-order valence-electron chi connectivity index (χ1n) is 6.29. The van der Waals surface area contributed by atoms with Crippen LogP contribution in [0.2, 0.25) is 0 Å². The summed E-state index contributed by atoms with van der Waals surface area (Å²) in [7, 11) is 0. The second-order valence-corrected chi connectivity index (χ2v) is 6.18. The Morgan fingerprint density at radius 3 is 2.65 bits per heavy atom. The van der Waals surface area contributed by atoms with Gasteiger partial charge >= 0.3 is 0 Å². The normalized spacial score (nSPS) is 19.1. The molecule has 1 aliphatic heterocycles. The summed E-state index contributed by atoms with van der Waals surface area (Å²) in [5.74, 6) is 0.211. The summed E-state index contributed by atoms with van der Waals surface area (Å²) < 4.78 is 0. The van der Waals surface area contributed by atoms with Gasteiger partial charge in [-0.25, -0.2) is 0 Å². The van der Waals surface area contributed by atoms with Crippen LogP contribution in [0.5, 0.6) is 0 Å². The molecule has 92 valence electrons. The minimum atomic E-state index is 0.0455. The molecule has 0 fully saturated rings. The molecule has 0 spiro atoms.